The number of carboxylic acid groups (broad SMARTS) is 1. The predicted octanol–water partition coefficient (Wildman–Crippen LogP) is 4.93. The average molecular weight is 402 g/mol. The van der Waals surface area contributed by atoms with E-state index in [1.807, 2.05) is 44.2 Å². The lowest BCUT2D eigenvalue weighted by atomic mass is 9.92. The highest BCUT2D eigenvalue weighted by Gasteiger charge is 2.53. The molecule has 3 unspecified atom stereocenters. The van der Waals surface area contributed by atoms with Crippen LogP contribution in [0.2, 0.25) is 5.02 Å². The highest BCUT2D eigenvalue weighted by atomic mass is 35.5. The number of carbonyl (C=O) groups is 2. The molecular weight excluding hydrogens is 378 g/mol. The monoisotopic (exact) mass is 401 g/mol. The Labute approximate surface area is 169 Å². The number of aryl methyl sites for hydroxylation is 1. The molecule has 0 radical (unpaired) electrons. The fraction of sp³-hybridized carbons (Fsp3) is 0.364. The number of carboxylic acids is 1. The first-order chi connectivity index (χ1) is 13.3. The van der Waals surface area contributed by atoms with Crippen molar-refractivity contribution in [2.45, 2.75) is 38.7 Å². The van der Waals surface area contributed by atoms with Gasteiger partial charge < -0.3 is 15.2 Å². The molecule has 0 bridgehead atoms. The molecule has 3 atom stereocenters. The third kappa shape index (κ3) is 4.47. The van der Waals surface area contributed by atoms with Crippen molar-refractivity contribution in [3.63, 3.8) is 0 Å². The van der Waals surface area contributed by atoms with E-state index in [1.54, 1.807) is 18.2 Å². The smallest absolute Gasteiger partial charge is 0.348 e. The average Bonchev–Trinajstić information content (AvgIpc) is 2.91. The molecular formula is C22H24ClNO4. The molecule has 2 aromatic carbocycles. The number of ether oxygens (including phenoxy) is 1. The van der Waals surface area contributed by atoms with Crippen molar-refractivity contribution in [3.8, 4) is 5.75 Å². The summed E-state index contributed by atoms with van der Waals surface area (Å²) in [5, 5.41) is 13.3. The van der Waals surface area contributed by atoms with Crippen molar-refractivity contribution in [1.82, 2.24) is 0 Å². The third-order valence-corrected chi connectivity index (χ3v) is 5.50. The first-order valence-electron chi connectivity index (χ1n) is 9.33. The van der Waals surface area contributed by atoms with Gasteiger partial charge in [0.25, 0.3) is 0 Å². The lowest BCUT2D eigenvalue weighted by Gasteiger charge is -2.30. The number of anilines is 1. The van der Waals surface area contributed by atoms with Crippen LogP contribution in [0.1, 0.15) is 31.7 Å². The summed E-state index contributed by atoms with van der Waals surface area (Å²) in [6.45, 7) is 3.78. The van der Waals surface area contributed by atoms with Gasteiger partial charge in [-0.3, -0.25) is 4.79 Å². The maximum absolute atomic E-state index is 12.5. The second kappa shape index (κ2) is 8.23. The van der Waals surface area contributed by atoms with Gasteiger partial charge in [-0.1, -0.05) is 36.7 Å². The molecule has 2 aromatic rings. The van der Waals surface area contributed by atoms with Crippen LogP contribution in [0.5, 0.6) is 5.75 Å². The number of hydrogen-bond donors (Lipinski definition) is 2. The van der Waals surface area contributed by atoms with Crippen LogP contribution in [0.25, 0.3) is 0 Å². The lowest BCUT2D eigenvalue weighted by Crippen LogP contribution is -2.47. The fourth-order valence-electron chi connectivity index (χ4n) is 4.02. The Hall–Kier alpha value is -2.53. The van der Waals surface area contributed by atoms with Crippen molar-refractivity contribution in [1.29, 1.82) is 0 Å². The van der Waals surface area contributed by atoms with Crippen molar-refractivity contribution in [2.24, 2.45) is 11.8 Å². The van der Waals surface area contributed by atoms with Gasteiger partial charge in [-0.15, -0.1) is 0 Å². The molecule has 1 fully saturated rings. The van der Waals surface area contributed by atoms with Crippen LogP contribution < -0.4 is 10.1 Å². The minimum Gasteiger partial charge on any atom is -0.478 e. The summed E-state index contributed by atoms with van der Waals surface area (Å²) in [5.41, 5.74) is 0.281. The van der Waals surface area contributed by atoms with Gasteiger partial charge in [0, 0.05) is 29.5 Å². The lowest BCUT2D eigenvalue weighted by molar-refractivity contribution is -0.158. The van der Waals surface area contributed by atoms with E-state index in [1.165, 1.54) is 0 Å². The first kappa shape index (κ1) is 20.2. The Morgan fingerprint density at radius 2 is 1.96 bits per heavy atom. The van der Waals surface area contributed by atoms with Crippen LogP contribution in [-0.2, 0) is 9.59 Å². The summed E-state index contributed by atoms with van der Waals surface area (Å²) in [6.07, 6.45) is 1.14. The topological polar surface area (TPSA) is 75.6 Å². The summed E-state index contributed by atoms with van der Waals surface area (Å²) in [5.74, 6) is -0.903. The van der Waals surface area contributed by atoms with Crippen LogP contribution >= 0.6 is 11.6 Å². The number of benzene rings is 2. The van der Waals surface area contributed by atoms with Gasteiger partial charge in [-0.2, -0.15) is 0 Å². The number of carbonyl (C=O) groups excluding carboxylic acids is 1. The second-order valence-electron chi connectivity index (χ2n) is 7.59. The number of nitrogens with one attached hydrogen (secondary N) is 1. The molecule has 1 amide bonds. The molecule has 2 N–H and O–H groups in total. The minimum atomic E-state index is -1.32. The molecule has 28 heavy (non-hydrogen) atoms. The molecule has 0 aromatic heterocycles. The molecule has 5 nitrogen and oxygen atoms in total. The van der Waals surface area contributed by atoms with Gasteiger partial charge in [0.1, 0.15) is 5.75 Å². The summed E-state index contributed by atoms with van der Waals surface area (Å²) >= 11 is 6.04. The van der Waals surface area contributed by atoms with Gasteiger partial charge in [0.2, 0.25) is 11.5 Å². The van der Waals surface area contributed by atoms with E-state index in [2.05, 4.69) is 5.32 Å². The highest BCUT2D eigenvalue weighted by Crippen LogP contribution is 2.44. The van der Waals surface area contributed by atoms with Crippen LogP contribution in [0.4, 0.5) is 5.69 Å². The number of halogens is 1. The van der Waals surface area contributed by atoms with Gasteiger partial charge in [-0.05, 0) is 55.2 Å². The number of hydrogen-bond acceptors (Lipinski definition) is 3. The molecule has 0 aliphatic heterocycles. The van der Waals surface area contributed by atoms with Crippen LogP contribution in [-0.4, -0.2) is 22.6 Å². The van der Waals surface area contributed by atoms with Gasteiger partial charge in [0.05, 0.1) is 0 Å². The van der Waals surface area contributed by atoms with E-state index < -0.39 is 11.6 Å². The van der Waals surface area contributed by atoms with Crippen LogP contribution in [0.15, 0.2) is 48.5 Å². The summed E-state index contributed by atoms with van der Waals surface area (Å²) in [7, 11) is 0. The quantitative estimate of drug-likeness (QED) is 0.719. The number of amides is 1. The minimum absolute atomic E-state index is 0.0740. The zero-order chi connectivity index (χ0) is 20.3. The predicted molar refractivity (Wildman–Crippen MR) is 109 cm³/mol. The van der Waals surface area contributed by atoms with E-state index >= 15 is 0 Å². The van der Waals surface area contributed by atoms with E-state index in [-0.39, 0.29) is 24.2 Å². The zero-order valence-corrected chi connectivity index (χ0v) is 16.7. The number of para-hydroxylation sites is 1. The van der Waals surface area contributed by atoms with E-state index in [4.69, 9.17) is 16.3 Å². The van der Waals surface area contributed by atoms with Crippen LogP contribution in [0, 0.1) is 18.8 Å². The standard InChI is InChI=1S/C22H24ClNO4/c1-14-8-17(23)12-18(9-14)24-20(25)11-16-10-15(2)22(13-16,21(26)27)28-19-6-4-3-5-7-19/h3-9,12,15-16H,10-11,13H2,1-2H3,(H,24,25)(H,26,27). The SMILES string of the molecule is Cc1cc(Cl)cc(NC(=O)CC2CC(C)C(Oc3ccccc3)(C(=O)O)C2)c1. The van der Waals surface area contributed by atoms with Crippen molar-refractivity contribution in [3.05, 3.63) is 59.1 Å². The fourth-order valence-corrected chi connectivity index (χ4v) is 4.31. The highest BCUT2D eigenvalue weighted by molar-refractivity contribution is 6.31. The van der Waals surface area contributed by atoms with Gasteiger partial charge in [0.15, 0.2) is 0 Å². The van der Waals surface area contributed by atoms with Gasteiger partial charge in [-0.25, -0.2) is 4.79 Å². The molecule has 3 rings (SSSR count). The van der Waals surface area contributed by atoms with Gasteiger partial charge >= 0.3 is 5.97 Å². The van der Waals surface area contributed by atoms with Crippen molar-refractivity contribution >= 4 is 29.2 Å². The maximum Gasteiger partial charge on any atom is 0.348 e. The Bertz CT molecular complexity index is 850. The Kier molecular flexibility index (Phi) is 5.94. The van der Waals surface area contributed by atoms with E-state index in [0.717, 1.165) is 5.56 Å². The summed E-state index contributed by atoms with van der Waals surface area (Å²) in [4.78, 5) is 24.6. The van der Waals surface area contributed by atoms with E-state index in [0.29, 0.717) is 29.3 Å². The number of rotatable bonds is 6. The Balaban J connectivity index is 1.69. The van der Waals surface area contributed by atoms with Crippen molar-refractivity contribution in [2.75, 3.05) is 5.32 Å². The molecule has 6 heteroatoms. The maximum atomic E-state index is 12.5. The summed E-state index contributed by atoms with van der Waals surface area (Å²) < 4.78 is 5.95. The number of aliphatic carboxylic acids is 1. The van der Waals surface area contributed by atoms with Crippen LogP contribution in [0.3, 0.4) is 0 Å². The third-order valence-electron chi connectivity index (χ3n) is 5.28. The summed E-state index contributed by atoms with van der Waals surface area (Å²) in [6, 6.07) is 14.3. The van der Waals surface area contributed by atoms with E-state index in [9.17, 15) is 14.7 Å². The normalized spacial score (nSPS) is 24.0. The Morgan fingerprint density at radius 1 is 1.25 bits per heavy atom. The molecule has 0 spiro atoms. The molecule has 148 valence electrons. The largest absolute Gasteiger partial charge is 0.478 e. The molecule has 1 aliphatic carbocycles. The molecule has 0 heterocycles. The Morgan fingerprint density at radius 3 is 2.61 bits per heavy atom. The molecule has 1 saturated carbocycles. The second-order valence-corrected chi connectivity index (χ2v) is 8.02. The first-order valence-corrected chi connectivity index (χ1v) is 9.71. The van der Waals surface area contributed by atoms with Crippen molar-refractivity contribution < 1.29 is 19.4 Å². The zero-order valence-electron chi connectivity index (χ0n) is 15.9. The molecule has 1 aliphatic rings. The molecule has 0 saturated heterocycles.